The fourth-order valence-electron chi connectivity index (χ4n) is 3.42. The Hall–Kier alpha value is -0.0800. The van der Waals surface area contributed by atoms with Crippen molar-refractivity contribution in [1.82, 2.24) is 9.80 Å². The van der Waals surface area contributed by atoms with E-state index in [1.165, 1.54) is 45.6 Å². The highest BCUT2D eigenvalue weighted by Crippen LogP contribution is 2.26. The highest BCUT2D eigenvalue weighted by molar-refractivity contribution is 4.84. The Balaban J connectivity index is 1.73. The van der Waals surface area contributed by atoms with Gasteiger partial charge in [0.05, 0.1) is 0 Å². The lowest BCUT2D eigenvalue weighted by atomic mass is 9.95. The van der Waals surface area contributed by atoms with Gasteiger partial charge in [0.25, 0.3) is 0 Å². The largest absolute Gasteiger partial charge is 0.303 e. The van der Waals surface area contributed by atoms with Gasteiger partial charge in [-0.25, -0.2) is 0 Å². The van der Waals surface area contributed by atoms with Crippen molar-refractivity contribution in [3.8, 4) is 0 Å². The van der Waals surface area contributed by atoms with Crippen molar-refractivity contribution in [2.75, 3.05) is 32.7 Å². The van der Waals surface area contributed by atoms with E-state index in [0.29, 0.717) is 0 Å². The van der Waals surface area contributed by atoms with Crippen molar-refractivity contribution in [1.29, 1.82) is 0 Å². The molecule has 0 bridgehead atoms. The molecule has 0 aliphatic carbocycles. The van der Waals surface area contributed by atoms with E-state index in [1.54, 1.807) is 0 Å². The normalized spacial score (nSPS) is 32.1. The number of nitrogens with zero attached hydrogens (tertiary/aromatic N) is 2. The van der Waals surface area contributed by atoms with Gasteiger partial charge in [-0.2, -0.15) is 0 Å². The summed E-state index contributed by atoms with van der Waals surface area (Å²) < 4.78 is 0. The maximum absolute atomic E-state index is 2.72. The maximum Gasteiger partial charge on any atom is 0.00387 e. The Labute approximate surface area is 107 Å². The van der Waals surface area contributed by atoms with Crippen LogP contribution in [0.4, 0.5) is 0 Å². The highest BCUT2D eigenvalue weighted by Gasteiger charge is 2.30. The summed E-state index contributed by atoms with van der Waals surface area (Å²) in [7, 11) is 0. The molecule has 0 amide bonds. The van der Waals surface area contributed by atoms with Gasteiger partial charge in [-0.1, -0.05) is 13.8 Å². The molecule has 2 atom stereocenters. The molecule has 2 fully saturated rings. The van der Waals surface area contributed by atoms with Gasteiger partial charge in [0.1, 0.15) is 0 Å². The minimum atomic E-state index is 0.738. The molecule has 2 aliphatic heterocycles. The zero-order valence-electron chi connectivity index (χ0n) is 12.2. The molecule has 0 N–H and O–H groups in total. The van der Waals surface area contributed by atoms with Crippen molar-refractivity contribution < 1.29 is 0 Å². The van der Waals surface area contributed by atoms with E-state index in [0.717, 1.165) is 23.8 Å². The molecule has 2 heteroatoms. The molecule has 2 heterocycles. The minimum Gasteiger partial charge on any atom is -0.303 e. The quantitative estimate of drug-likeness (QED) is 0.743. The van der Waals surface area contributed by atoms with E-state index >= 15 is 0 Å². The Morgan fingerprint density at radius 1 is 1.00 bits per heavy atom. The zero-order chi connectivity index (χ0) is 12.4. The number of hydrogen-bond donors (Lipinski definition) is 0. The molecule has 0 aromatic carbocycles. The molecule has 100 valence electrons. The van der Waals surface area contributed by atoms with Crippen LogP contribution in [0.15, 0.2) is 0 Å². The predicted molar refractivity (Wildman–Crippen MR) is 74.2 cm³/mol. The van der Waals surface area contributed by atoms with Crippen LogP contribution in [-0.4, -0.2) is 48.6 Å². The van der Waals surface area contributed by atoms with Gasteiger partial charge < -0.3 is 9.80 Å². The molecule has 17 heavy (non-hydrogen) atoms. The summed E-state index contributed by atoms with van der Waals surface area (Å²) in [6, 6.07) is 0.738. The lowest BCUT2D eigenvalue weighted by Gasteiger charge is -2.23. The number of likely N-dealkylation sites (tertiary alicyclic amines) is 2. The SMILES string of the molecule is CC(C)[C@@H]1CCN(C[C@H]2CCN(C(C)C)C2)C1. The first-order valence-corrected chi connectivity index (χ1v) is 7.52. The average molecular weight is 238 g/mol. The fraction of sp³-hybridized carbons (Fsp3) is 1.00. The van der Waals surface area contributed by atoms with Gasteiger partial charge in [-0.05, 0) is 57.5 Å². The van der Waals surface area contributed by atoms with E-state index in [9.17, 15) is 0 Å². The second-order valence-electron chi connectivity index (χ2n) is 6.80. The van der Waals surface area contributed by atoms with E-state index in [4.69, 9.17) is 0 Å². The Morgan fingerprint density at radius 3 is 2.29 bits per heavy atom. The van der Waals surface area contributed by atoms with Crippen LogP contribution >= 0.6 is 0 Å². The first-order valence-electron chi connectivity index (χ1n) is 7.52. The summed E-state index contributed by atoms with van der Waals surface area (Å²) in [5.74, 6) is 2.76. The van der Waals surface area contributed by atoms with Gasteiger partial charge in [-0.15, -0.1) is 0 Å². The molecule has 0 radical (unpaired) electrons. The summed E-state index contributed by atoms with van der Waals surface area (Å²) in [6.45, 7) is 16.1. The van der Waals surface area contributed by atoms with E-state index in [1.807, 2.05) is 0 Å². The Bertz CT molecular complexity index is 213. The summed E-state index contributed by atoms with van der Waals surface area (Å²) in [5, 5.41) is 0. The third-order valence-electron chi connectivity index (χ3n) is 4.82. The topological polar surface area (TPSA) is 6.48 Å². The molecular weight excluding hydrogens is 208 g/mol. The van der Waals surface area contributed by atoms with Gasteiger partial charge in [0.2, 0.25) is 0 Å². The number of hydrogen-bond acceptors (Lipinski definition) is 2. The summed E-state index contributed by atoms with van der Waals surface area (Å²) in [5.41, 5.74) is 0. The summed E-state index contributed by atoms with van der Waals surface area (Å²) in [6.07, 6.45) is 2.85. The zero-order valence-corrected chi connectivity index (χ0v) is 12.2. The smallest absolute Gasteiger partial charge is 0.00387 e. The third kappa shape index (κ3) is 3.45. The molecule has 0 aromatic heterocycles. The molecular formula is C15H30N2. The van der Waals surface area contributed by atoms with Crippen molar-refractivity contribution in [3.63, 3.8) is 0 Å². The molecule has 2 nitrogen and oxygen atoms in total. The first kappa shape index (κ1) is 13.4. The van der Waals surface area contributed by atoms with Crippen molar-refractivity contribution in [3.05, 3.63) is 0 Å². The van der Waals surface area contributed by atoms with Gasteiger partial charge in [-0.3, -0.25) is 0 Å². The van der Waals surface area contributed by atoms with Crippen molar-refractivity contribution in [2.45, 2.75) is 46.6 Å². The summed E-state index contributed by atoms with van der Waals surface area (Å²) in [4.78, 5) is 5.36. The van der Waals surface area contributed by atoms with Crippen LogP contribution < -0.4 is 0 Å². The van der Waals surface area contributed by atoms with E-state index in [-0.39, 0.29) is 0 Å². The Morgan fingerprint density at radius 2 is 1.76 bits per heavy atom. The van der Waals surface area contributed by atoms with Crippen LogP contribution in [-0.2, 0) is 0 Å². The molecule has 0 aromatic rings. The first-order chi connectivity index (χ1) is 8.06. The summed E-state index contributed by atoms with van der Waals surface area (Å²) >= 11 is 0. The highest BCUT2D eigenvalue weighted by atomic mass is 15.2. The third-order valence-corrected chi connectivity index (χ3v) is 4.82. The average Bonchev–Trinajstić information content (AvgIpc) is 2.87. The van der Waals surface area contributed by atoms with Crippen LogP contribution in [0.1, 0.15) is 40.5 Å². The molecule has 2 saturated heterocycles. The lowest BCUT2D eigenvalue weighted by molar-refractivity contribution is 0.231. The second-order valence-corrected chi connectivity index (χ2v) is 6.80. The molecule has 0 saturated carbocycles. The van der Waals surface area contributed by atoms with Crippen LogP contribution in [0.25, 0.3) is 0 Å². The molecule has 2 aliphatic rings. The van der Waals surface area contributed by atoms with Gasteiger partial charge in [0, 0.05) is 25.7 Å². The van der Waals surface area contributed by atoms with Crippen LogP contribution in [0.5, 0.6) is 0 Å². The second kappa shape index (κ2) is 5.71. The predicted octanol–water partition coefficient (Wildman–Crippen LogP) is 2.69. The fourth-order valence-corrected chi connectivity index (χ4v) is 3.42. The molecule has 0 unspecified atom stereocenters. The van der Waals surface area contributed by atoms with Crippen LogP contribution in [0.3, 0.4) is 0 Å². The van der Waals surface area contributed by atoms with E-state index < -0.39 is 0 Å². The Kier molecular flexibility index (Phi) is 4.48. The standard InChI is InChI=1S/C15H30N2/c1-12(2)15-6-7-16(11-15)9-14-5-8-17(10-14)13(3)4/h12-15H,5-11H2,1-4H3/t14-,15-/m1/s1. The minimum absolute atomic E-state index is 0.738. The molecule has 0 spiro atoms. The monoisotopic (exact) mass is 238 g/mol. The van der Waals surface area contributed by atoms with Crippen LogP contribution in [0, 0.1) is 17.8 Å². The van der Waals surface area contributed by atoms with E-state index in [2.05, 4.69) is 37.5 Å². The van der Waals surface area contributed by atoms with Crippen molar-refractivity contribution >= 4 is 0 Å². The lowest BCUT2D eigenvalue weighted by Crippen LogP contribution is -2.32. The number of rotatable bonds is 4. The van der Waals surface area contributed by atoms with Gasteiger partial charge >= 0.3 is 0 Å². The molecule has 2 rings (SSSR count). The van der Waals surface area contributed by atoms with Crippen LogP contribution in [0.2, 0.25) is 0 Å². The van der Waals surface area contributed by atoms with Crippen molar-refractivity contribution in [2.24, 2.45) is 17.8 Å². The maximum atomic E-state index is 2.72. The van der Waals surface area contributed by atoms with Gasteiger partial charge in [0.15, 0.2) is 0 Å².